The van der Waals surface area contributed by atoms with E-state index in [9.17, 15) is 4.79 Å². The highest BCUT2D eigenvalue weighted by atomic mass is 35.5. The number of aryl methyl sites for hydroxylation is 2. The van der Waals surface area contributed by atoms with Gasteiger partial charge < -0.3 is 19.4 Å². The molecule has 6 nitrogen and oxygen atoms in total. The van der Waals surface area contributed by atoms with E-state index >= 15 is 0 Å². The Kier molecular flexibility index (Phi) is 8.49. The lowest BCUT2D eigenvalue weighted by Crippen LogP contribution is -2.29. The van der Waals surface area contributed by atoms with Crippen molar-refractivity contribution in [2.45, 2.75) is 46.2 Å². The number of carbonyl (C=O) groups is 1. The first-order chi connectivity index (χ1) is 17.4. The Morgan fingerprint density at radius 2 is 1.83 bits per heavy atom. The molecule has 0 saturated carbocycles. The van der Waals surface area contributed by atoms with Crippen LogP contribution in [-0.2, 0) is 17.9 Å². The molecule has 1 aromatic heterocycles. The van der Waals surface area contributed by atoms with E-state index in [1.54, 1.807) is 24.3 Å². The third kappa shape index (κ3) is 6.58. The molecule has 0 unspecified atom stereocenters. The summed E-state index contributed by atoms with van der Waals surface area (Å²) in [6, 6.07) is 21.3. The number of ether oxygens (including phenoxy) is 2. The van der Waals surface area contributed by atoms with Crippen LogP contribution in [0.25, 0.3) is 11.0 Å². The van der Waals surface area contributed by atoms with Crippen molar-refractivity contribution in [3.8, 4) is 11.5 Å². The van der Waals surface area contributed by atoms with Crippen LogP contribution in [0.15, 0.2) is 66.7 Å². The number of benzene rings is 3. The van der Waals surface area contributed by atoms with Gasteiger partial charge in [0.05, 0.1) is 24.2 Å². The minimum absolute atomic E-state index is 0.0790. The number of amides is 1. The molecule has 1 N–H and O–H groups in total. The van der Waals surface area contributed by atoms with Crippen LogP contribution >= 0.6 is 11.6 Å². The number of halogens is 1. The van der Waals surface area contributed by atoms with Crippen molar-refractivity contribution < 1.29 is 14.3 Å². The molecule has 0 atom stereocenters. The van der Waals surface area contributed by atoms with Gasteiger partial charge in [-0.25, -0.2) is 4.98 Å². The van der Waals surface area contributed by atoms with Crippen LogP contribution in [-0.4, -0.2) is 28.7 Å². The summed E-state index contributed by atoms with van der Waals surface area (Å²) in [4.78, 5) is 17.1. The second kappa shape index (κ2) is 12.0. The highest BCUT2D eigenvalue weighted by Gasteiger charge is 2.13. The Morgan fingerprint density at radius 1 is 1.06 bits per heavy atom. The molecule has 0 aliphatic carbocycles. The van der Waals surface area contributed by atoms with Crippen LogP contribution < -0.4 is 14.8 Å². The average Bonchev–Trinajstić information content (AvgIpc) is 3.22. The molecule has 0 aliphatic rings. The first kappa shape index (κ1) is 25.6. The second-order valence-corrected chi connectivity index (χ2v) is 9.52. The van der Waals surface area contributed by atoms with E-state index in [1.807, 2.05) is 18.2 Å². The van der Waals surface area contributed by atoms with E-state index in [0.717, 1.165) is 35.6 Å². The molecule has 0 fully saturated rings. The van der Waals surface area contributed by atoms with Gasteiger partial charge in [-0.15, -0.1) is 0 Å². The number of hydrogen-bond acceptors (Lipinski definition) is 4. The van der Waals surface area contributed by atoms with E-state index in [1.165, 1.54) is 11.1 Å². The minimum atomic E-state index is -0.215. The molecule has 188 valence electrons. The van der Waals surface area contributed by atoms with Gasteiger partial charge in [0.25, 0.3) is 5.91 Å². The van der Waals surface area contributed by atoms with Gasteiger partial charge in [-0.3, -0.25) is 4.79 Å². The third-order valence-corrected chi connectivity index (χ3v) is 6.19. The number of nitrogens with one attached hydrogen (secondary N) is 1. The standard InChI is InChI=1S/C29H32ClN3O3/c1-20(2)24-14-9-21(3)17-27(24)35-16-6-15-33-26-8-5-4-7-25(26)32-28(33)18-31-29(34)19-36-23-12-10-22(30)11-13-23/h4-5,7-14,17,20H,6,15-16,18-19H2,1-3H3,(H,31,34). The molecular formula is C29H32ClN3O3. The molecule has 3 aromatic carbocycles. The van der Waals surface area contributed by atoms with Crippen LogP contribution in [0.5, 0.6) is 11.5 Å². The summed E-state index contributed by atoms with van der Waals surface area (Å²) in [6.45, 7) is 7.99. The fraction of sp³-hybridized carbons (Fsp3) is 0.310. The summed E-state index contributed by atoms with van der Waals surface area (Å²) in [5.74, 6) is 2.53. The summed E-state index contributed by atoms with van der Waals surface area (Å²) in [7, 11) is 0. The van der Waals surface area contributed by atoms with Crippen LogP contribution in [0.2, 0.25) is 5.02 Å². The SMILES string of the molecule is Cc1ccc(C(C)C)c(OCCCn2c(CNC(=O)COc3ccc(Cl)cc3)nc3ccccc32)c1. The van der Waals surface area contributed by atoms with Crippen molar-refractivity contribution in [1.29, 1.82) is 0 Å². The lowest BCUT2D eigenvalue weighted by Gasteiger charge is -2.15. The third-order valence-electron chi connectivity index (χ3n) is 5.94. The largest absolute Gasteiger partial charge is 0.493 e. The van der Waals surface area contributed by atoms with Gasteiger partial charge in [-0.2, -0.15) is 0 Å². The number of nitrogens with zero attached hydrogens (tertiary/aromatic N) is 2. The molecule has 4 aromatic rings. The van der Waals surface area contributed by atoms with Gasteiger partial charge in [-0.05, 0) is 72.9 Å². The predicted molar refractivity (Wildman–Crippen MR) is 144 cm³/mol. The molecule has 0 radical (unpaired) electrons. The van der Waals surface area contributed by atoms with Crippen LogP contribution in [0.4, 0.5) is 0 Å². The van der Waals surface area contributed by atoms with Gasteiger partial charge in [0, 0.05) is 11.6 Å². The maximum Gasteiger partial charge on any atom is 0.258 e. The minimum Gasteiger partial charge on any atom is -0.493 e. The molecule has 1 amide bonds. The monoisotopic (exact) mass is 505 g/mol. The Balaban J connectivity index is 1.36. The first-order valence-electron chi connectivity index (χ1n) is 12.2. The first-order valence-corrected chi connectivity index (χ1v) is 12.6. The number of rotatable bonds is 11. The van der Waals surface area contributed by atoms with Crippen molar-refractivity contribution >= 4 is 28.5 Å². The van der Waals surface area contributed by atoms with Crippen molar-refractivity contribution in [2.24, 2.45) is 0 Å². The lowest BCUT2D eigenvalue weighted by atomic mass is 10.0. The van der Waals surface area contributed by atoms with Crippen molar-refractivity contribution in [1.82, 2.24) is 14.9 Å². The Labute approximate surface area is 217 Å². The van der Waals surface area contributed by atoms with Gasteiger partial charge in [0.1, 0.15) is 17.3 Å². The lowest BCUT2D eigenvalue weighted by molar-refractivity contribution is -0.123. The molecule has 0 spiro atoms. The number of hydrogen-bond donors (Lipinski definition) is 1. The van der Waals surface area contributed by atoms with Gasteiger partial charge in [0.15, 0.2) is 6.61 Å². The van der Waals surface area contributed by atoms with Crippen LogP contribution in [0.1, 0.15) is 43.1 Å². The predicted octanol–water partition coefficient (Wildman–Crippen LogP) is 6.29. The van der Waals surface area contributed by atoms with Crippen molar-refractivity contribution in [2.75, 3.05) is 13.2 Å². The normalized spacial score (nSPS) is 11.1. The molecule has 0 saturated heterocycles. The molecular weight excluding hydrogens is 474 g/mol. The molecule has 0 bridgehead atoms. The molecule has 7 heteroatoms. The fourth-order valence-corrected chi connectivity index (χ4v) is 4.19. The molecule has 36 heavy (non-hydrogen) atoms. The van der Waals surface area contributed by atoms with Crippen molar-refractivity contribution in [3.63, 3.8) is 0 Å². The van der Waals surface area contributed by atoms with Gasteiger partial charge in [0.2, 0.25) is 0 Å². The van der Waals surface area contributed by atoms with E-state index in [4.69, 9.17) is 26.1 Å². The second-order valence-electron chi connectivity index (χ2n) is 9.09. The van der Waals surface area contributed by atoms with Crippen LogP contribution in [0, 0.1) is 6.92 Å². The van der Waals surface area contributed by atoms with E-state index in [0.29, 0.717) is 29.8 Å². The summed E-state index contributed by atoms with van der Waals surface area (Å²) in [6.07, 6.45) is 0.812. The Bertz CT molecular complexity index is 1320. The van der Waals surface area contributed by atoms with Gasteiger partial charge in [-0.1, -0.05) is 49.7 Å². The fourth-order valence-electron chi connectivity index (χ4n) is 4.07. The van der Waals surface area contributed by atoms with Gasteiger partial charge >= 0.3 is 0 Å². The summed E-state index contributed by atoms with van der Waals surface area (Å²) in [5.41, 5.74) is 4.35. The Hall–Kier alpha value is -3.51. The smallest absolute Gasteiger partial charge is 0.258 e. The molecule has 4 rings (SSSR count). The van der Waals surface area contributed by atoms with Crippen molar-refractivity contribution in [3.05, 3.63) is 88.7 Å². The molecule has 0 aliphatic heterocycles. The zero-order chi connectivity index (χ0) is 25.5. The number of carbonyl (C=O) groups excluding carboxylic acids is 1. The number of imidazole rings is 1. The van der Waals surface area contributed by atoms with E-state index < -0.39 is 0 Å². The maximum absolute atomic E-state index is 12.4. The zero-order valence-corrected chi connectivity index (χ0v) is 21.7. The van der Waals surface area contributed by atoms with Crippen LogP contribution in [0.3, 0.4) is 0 Å². The van der Waals surface area contributed by atoms with E-state index in [2.05, 4.69) is 54.9 Å². The molecule has 1 heterocycles. The Morgan fingerprint density at radius 3 is 2.61 bits per heavy atom. The number of fused-ring (bicyclic) bond motifs is 1. The quantitative estimate of drug-likeness (QED) is 0.243. The van der Waals surface area contributed by atoms with E-state index in [-0.39, 0.29) is 12.5 Å². The zero-order valence-electron chi connectivity index (χ0n) is 21.0. The summed E-state index contributed by atoms with van der Waals surface area (Å²) in [5, 5.41) is 3.54. The number of para-hydroxylation sites is 2. The summed E-state index contributed by atoms with van der Waals surface area (Å²) >= 11 is 5.89. The maximum atomic E-state index is 12.4. The number of aromatic nitrogens is 2. The summed E-state index contributed by atoms with van der Waals surface area (Å²) < 4.78 is 13.9. The average molecular weight is 506 g/mol. The highest BCUT2D eigenvalue weighted by Crippen LogP contribution is 2.27. The highest BCUT2D eigenvalue weighted by molar-refractivity contribution is 6.30. The topological polar surface area (TPSA) is 65.4 Å².